The van der Waals surface area contributed by atoms with Crippen molar-refractivity contribution in [2.45, 2.75) is 53.2 Å². The molecule has 1 aromatic heterocycles. The molecule has 6 nitrogen and oxygen atoms in total. The van der Waals surface area contributed by atoms with E-state index in [9.17, 15) is 9.59 Å². The van der Waals surface area contributed by atoms with Gasteiger partial charge >= 0.3 is 5.97 Å². The molecule has 0 bridgehead atoms. The molecule has 0 radical (unpaired) electrons. The van der Waals surface area contributed by atoms with E-state index in [-0.39, 0.29) is 18.5 Å². The summed E-state index contributed by atoms with van der Waals surface area (Å²) in [6, 6.07) is 15.0. The zero-order valence-electron chi connectivity index (χ0n) is 20.3. The number of nitrogens with zero attached hydrogens (tertiary/aromatic N) is 1. The van der Waals surface area contributed by atoms with Crippen LogP contribution < -0.4 is 5.32 Å². The molecule has 2 aromatic carbocycles. The second kappa shape index (κ2) is 10.3. The van der Waals surface area contributed by atoms with Crippen LogP contribution in [0, 0.1) is 27.7 Å². The Morgan fingerprint density at radius 3 is 2.56 bits per heavy atom. The number of esters is 1. The van der Waals surface area contributed by atoms with E-state index in [4.69, 9.17) is 9.47 Å². The molecule has 4 rings (SSSR count). The van der Waals surface area contributed by atoms with Gasteiger partial charge < -0.3 is 19.4 Å². The first-order chi connectivity index (χ1) is 16.3. The fourth-order valence-electron chi connectivity index (χ4n) is 4.44. The van der Waals surface area contributed by atoms with Crippen molar-refractivity contribution >= 4 is 23.1 Å². The lowest BCUT2D eigenvalue weighted by Gasteiger charge is -2.15. The molecule has 34 heavy (non-hydrogen) atoms. The van der Waals surface area contributed by atoms with Gasteiger partial charge in [-0.05, 0) is 75.9 Å². The fraction of sp³-hybridized carbons (Fsp3) is 0.357. The van der Waals surface area contributed by atoms with Crippen LogP contribution in [0.15, 0.2) is 48.5 Å². The van der Waals surface area contributed by atoms with Gasteiger partial charge in [0.25, 0.3) is 0 Å². The SMILES string of the molecule is Cc1cccc(Nc2ccccc2C(=O)OCC(=O)c2cc(C)n(C[C@@H]3CCCO3)c2C)c1C. The highest BCUT2D eigenvalue weighted by Gasteiger charge is 2.22. The lowest BCUT2D eigenvalue weighted by molar-refractivity contribution is 0.0475. The Morgan fingerprint density at radius 1 is 1.03 bits per heavy atom. The van der Waals surface area contributed by atoms with Gasteiger partial charge in [-0.3, -0.25) is 4.79 Å². The summed E-state index contributed by atoms with van der Waals surface area (Å²) < 4.78 is 13.3. The lowest BCUT2D eigenvalue weighted by atomic mass is 10.1. The number of para-hydroxylation sites is 1. The molecule has 0 aliphatic carbocycles. The highest BCUT2D eigenvalue weighted by Crippen LogP contribution is 2.26. The van der Waals surface area contributed by atoms with Crippen LogP contribution in [0.3, 0.4) is 0 Å². The molecule has 178 valence electrons. The molecule has 1 atom stereocenters. The molecular weight excluding hydrogens is 428 g/mol. The number of ether oxygens (including phenoxy) is 2. The van der Waals surface area contributed by atoms with Gasteiger partial charge in [0.2, 0.25) is 5.78 Å². The molecule has 0 amide bonds. The maximum atomic E-state index is 12.9. The van der Waals surface area contributed by atoms with E-state index in [0.29, 0.717) is 16.8 Å². The minimum atomic E-state index is -0.532. The Kier molecular flexibility index (Phi) is 7.17. The molecule has 0 unspecified atom stereocenters. The Balaban J connectivity index is 1.44. The Bertz CT molecular complexity index is 1210. The van der Waals surface area contributed by atoms with Gasteiger partial charge in [-0.2, -0.15) is 0 Å². The summed E-state index contributed by atoms with van der Waals surface area (Å²) in [6.45, 7) is 9.23. The molecule has 1 saturated heterocycles. The predicted octanol–water partition coefficient (Wildman–Crippen LogP) is 5.68. The highest BCUT2D eigenvalue weighted by molar-refractivity contribution is 6.02. The summed E-state index contributed by atoms with van der Waals surface area (Å²) in [5, 5.41) is 3.34. The average Bonchev–Trinajstić information content (AvgIpc) is 3.44. The van der Waals surface area contributed by atoms with E-state index < -0.39 is 5.97 Å². The van der Waals surface area contributed by atoms with E-state index in [2.05, 4.69) is 9.88 Å². The average molecular weight is 461 g/mol. The second-order valence-corrected chi connectivity index (χ2v) is 8.95. The van der Waals surface area contributed by atoms with Crippen LogP contribution >= 0.6 is 0 Å². The first kappa shape index (κ1) is 23.8. The van der Waals surface area contributed by atoms with Crippen molar-refractivity contribution in [3.63, 3.8) is 0 Å². The third-order valence-electron chi connectivity index (χ3n) is 6.64. The largest absolute Gasteiger partial charge is 0.454 e. The van der Waals surface area contributed by atoms with Crippen LogP contribution in [0.4, 0.5) is 11.4 Å². The maximum Gasteiger partial charge on any atom is 0.340 e. The van der Waals surface area contributed by atoms with Crippen LogP contribution in [-0.4, -0.2) is 35.6 Å². The van der Waals surface area contributed by atoms with Crippen molar-refractivity contribution in [1.82, 2.24) is 4.57 Å². The van der Waals surface area contributed by atoms with Crippen LogP contribution in [0.5, 0.6) is 0 Å². The fourth-order valence-corrected chi connectivity index (χ4v) is 4.44. The number of rotatable bonds is 8. The van der Waals surface area contributed by atoms with Crippen molar-refractivity contribution in [3.8, 4) is 0 Å². The third kappa shape index (κ3) is 5.07. The molecule has 6 heteroatoms. The van der Waals surface area contributed by atoms with Crippen molar-refractivity contribution < 1.29 is 19.1 Å². The Labute approximate surface area is 200 Å². The number of carbonyl (C=O) groups excluding carboxylic acids is 2. The maximum absolute atomic E-state index is 12.9. The number of nitrogens with one attached hydrogen (secondary N) is 1. The molecule has 1 aliphatic rings. The number of aromatic nitrogens is 1. The lowest BCUT2D eigenvalue weighted by Crippen LogP contribution is -2.18. The van der Waals surface area contributed by atoms with Gasteiger partial charge in [0.1, 0.15) is 0 Å². The topological polar surface area (TPSA) is 69.6 Å². The number of benzene rings is 2. The standard InChI is InChI=1S/C28H32N2O4/c1-18-9-7-13-25(20(18)3)29-26-12-6-5-11-23(26)28(32)34-17-27(31)24-15-19(2)30(21(24)4)16-22-10-8-14-33-22/h5-7,9,11-13,15,22,29H,8,10,14,16-17H2,1-4H3/t22-/m0/s1. The molecule has 0 spiro atoms. The quantitative estimate of drug-likeness (QED) is 0.346. The summed E-state index contributed by atoms with van der Waals surface area (Å²) in [5.74, 6) is -0.741. The third-order valence-corrected chi connectivity index (χ3v) is 6.64. The highest BCUT2D eigenvalue weighted by atomic mass is 16.5. The van der Waals surface area contributed by atoms with Gasteiger partial charge in [0.05, 0.1) is 17.4 Å². The van der Waals surface area contributed by atoms with Crippen LogP contribution in [0.25, 0.3) is 0 Å². The molecular formula is C28H32N2O4. The van der Waals surface area contributed by atoms with Crippen molar-refractivity contribution in [3.05, 3.63) is 82.2 Å². The normalized spacial score (nSPS) is 15.4. The van der Waals surface area contributed by atoms with Crippen LogP contribution in [0.2, 0.25) is 0 Å². The number of ketones is 1. The molecule has 2 heterocycles. The van der Waals surface area contributed by atoms with Crippen molar-refractivity contribution in [2.24, 2.45) is 0 Å². The van der Waals surface area contributed by atoms with Crippen LogP contribution in [0.1, 0.15) is 56.1 Å². The smallest absolute Gasteiger partial charge is 0.340 e. The van der Waals surface area contributed by atoms with E-state index in [1.165, 1.54) is 0 Å². The van der Waals surface area contributed by atoms with E-state index in [1.807, 2.05) is 64.1 Å². The first-order valence-electron chi connectivity index (χ1n) is 11.8. The monoisotopic (exact) mass is 460 g/mol. The summed E-state index contributed by atoms with van der Waals surface area (Å²) in [6.07, 6.45) is 2.30. The number of carbonyl (C=O) groups is 2. The molecule has 3 aromatic rings. The summed E-state index contributed by atoms with van der Waals surface area (Å²) in [4.78, 5) is 25.8. The zero-order valence-corrected chi connectivity index (χ0v) is 20.3. The van der Waals surface area contributed by atoms with Gasteiger partial charge in [-0.1, -0.05) is 24.3 Å². The zero-order chi connectivity index (χ0) is 24.2. The second-order valence-electron chi connectivity index (χ2n) is 8.95. The summed E-state index contributed by atoms with van der Waals surface area (Å²) in [5.41, 5.74) is 6.70. The van der Waals surface area contributed by atoms with Gasteiger partial charge in [-0.25, -0.2) is 4.79 Å². The van der Waals surface area contributed by atoms with E-state index in [0.717, 1.165) is 54.2 Å². The van der Waals surface area contributed by atoms with Gasteiger partial charge in [0.15, 0.2) is 6.61 Å². The van der Waals surface area contributed by atoms with Gasteiger partial charge in [0, 0.05) is 35.8 Å². The predicted molar refractivity (Wildman–Crippen MR) is 133 cm³/mol. The Morgan fingerprint density at radius 2 is 1.79 bits per heavy atom. The van der Waals surface area contributed by atoms with E-state index >= 15 is 0 Å². The summed E-state index contributed by atoms with van der Waals surface area (Å²) >= 11 is 0. The van der Waals surface area contributed by atoms with Crippen LogP contribution in [-0.2, 0) is 16.0 Å². The van der Waals surface area contributed by atoms with Crippen molar-refractivity contribution in [1.29, 1.82) is 0 Å². The molecule has 1 fully saturated rings. The minimum Gasteiger partial charge on any atom is -0.454 e. The minimum absolute atomic E-state index is 0.187. The number of Topliss-reactive ketones (excluding diaryl/α,β-unsaturated/α-hetero) is 1. The first-order valence-corrected chi connectivity index (χ1v) is 11.8. The van der Waals surface area contributed by atoms with Gasteiger partial charge in [-0.15, -0.1) is 0 Å². The molecule has 0 saturated carbocycles. The molecule has 1 aliphatic heterocycles. The summed E-state index contributed by atoms with van der Waals surface area (Å²) in [7, 11) is 0. The van der Waals surface area contributed by atoms with Crippen molar-refractivity contribution in [2.75, 3.05) is 18.5 Å². The number of aryl methyl sites for hydroxylation is 2. The number of hydrogen-bond donors (Lipinski definition) is 1. The van der Waals surface area contributed by atoms with E-state index in [1.54, 1.807) is 12.1 Å². The molecule has 1 N–H and O–H groups in total. The number of anilines is 2. The number of hydrogen-bond acceptors (Lipinski definition) is 5. The Hall–Kier alpha value is -3.38.